The monoisotopic (exact) mass is 259 g/mol. The number of rotatable bonds is 9. The Morgan fingerprint density at radius 3 is 2.67 bits per heavy atom. The highest BCUT2D eigenvalue weighted by Crippen LogP contribution is 1.86. The molecule has 0 bridgehead atoms. The number of esters is 1. The van der Waals surface area contributed by atoms with E-state index in [-0.39, 0.29) is 25.5 Å². The van der Waals surface area contributed by atoms with Crippen LogP contribution >= 0.6 is 0 Å². The van der Waals surface area contributed by atoms with Crippen LogP contribution in [0.25, 0.3) is 0 Å². The lowest BCUT2D eigenvalue weighted by Crippen LogP contribution is -2.28. The van der Waals surface area contributed by atoms with Gasteiger partial charge < -0.3 is 19.9 Å². The predicted molar refractivity (Wildman–Crippen MR) is 61.9 cm³/mol. The Bertz CT molecular complexity index is 313. The first-order valence-corrected chi connectivity index (χ1v) is 5.37. The Morgan fingerprint density at radius 1 is 1.33 bits per heavy atom. The summed E-state index contributed by atoms with van der Waals surface area (Å²) in [5, 5.41) is 10.9. The zero-order valence-corrected chi connectivity index (χ0v) is 10.2. The van der Waals surface area contributed by atoms with Crippen molar-refractivity contribution in [2.24, 2.45) is 0 Å². The third kappa shape index (κ3) is 10.6. The number of amides is 1. The Hall–Kier alpha value is -1.89. The summed E-state index contributed by atoms with van der Waals surface area (Å²) in [6.45, 7) is 0.280. The Balaban J connectivity index is 3.45. The van der Waals surface area contributed by atoms with E-state index in [4.69, 9.17) is 9.84 Å². The number of carboxylic acid groups (broad SMARTS) is 1. The molecule has 1 amide bonds. The van der Waals surface area contributed by atoms with Crippen LogP contribution in [0.3, 0.4) is 0 Å². The van der Waals surface area contributed by atoms with Crippen molar-refractivity contribution in [1.29, 1.82) is 0 Å². The Labute approximate surface area is 105 Å². The zero-order chi connectivity index (χ0) is 13.8. The molecule has 0 spiro atoms. The van der Waals surface area contributed by atoms with Crippen LogP contribution in [0.1, 0.15) is 12.8 Å². The maximum Gasteiger partial charge on any atom is 0.330 e. The topological polar surface area (TPSA) is 102 Å². The Morgan fingerprint density at radius 2 is 2.06 bits per heavy atom. The summed E-state index contributed by atoms with van der Waals surface area (Å²) in [5.74, 6) is -1.71. The Kier molecular flexibility index (Phi) is 9.20. The van der Waals surface area contributed by atoms with Crippen LogP contribution in [-0.2, 0) is 23.9 Å². The molecule has 7 heteroatoms. The van der Waals surface area contributed by atoms with Crippen molar-refractivity contribution in [3.63, 3.8) is 0 Å². The number of nitrogens with one attached hydrogen (secondary N) is 1. The van der Waals surface area contributed by atoms with Crippen LogP contribution in [0.2, 0.25) is 0 Å². The fourth-order valence-electron chi connectivity index (χ4n) is 0.950. The van der Waals surface area contributed by atoms with E-state index in [0.717, 1.165) is 0 Å². The summed E-state index contributed by atoms with van der Waals surface area (Å²) in [6, 6.07) is 0. The van der Waals surface area contributed by atoms with Gasteiger partial charge in [-0.1, -0.05) is 6.08 Å². The SMILES string of the molecule is COC(=O)/C=C/COCC(=O)NCCCC(=O)O. The first kappa shape index (κ1) is 16.1. The first-order valence-electron chi connectivity index (χ1n) is 5.37. The molecule has 0 aromatic rings. The maximum atomic E-state index is 11.1. The van der Waals surface area contributed by atoms with Gasteiger partial charge in [-0.25, -0.2) is 4.79 Å². The quantitative estimate of drug-likeness (QED) is 0.335. The highest BCUT2D eigenvalue weighted by Gasteiger charge is 2.01. The minimum atomic E-state index is -0.895. The lowest BCUT2D eigenvalue weighted by atomic mass is 10.3. The van der Waals surface area contributed by atoms with Crippen molar-refractivity contribution in [3.05, 3.63) is 12.2 Å². The maximum absolute atomic E-state index is 11.1. The molecule has 0 rings (SSSR count). The van der Waals surface area contributed by atoms with Crippen LogP contribution < -0.4 is 5.32 Å². The predicted octanol–water partition coefficient (Wildman–Crippen LogP) is -0.287. The lowest BCUT2D eigenvalue weighted by molar-refractivity contribution is -0.137. The molecule has 0 atom stereocenters. The molecule has 0 fully saturated rings. The van der Waals surface area contributed by atoms with Gasteiger partial charge in [0, 0.05) is 19.0 Å². The number of methoxy groups -OCH3 is 1. The van der Waals surface area contributed by atoms with Crippen molar-refractivity contribution in [2.75, 3.05) is 26.9 Å². The molecule has 102 valence electrons. The molecule has 0 aliphatic rings. The number of carbonyl (C=O) groups excluding carboxylic acids is 2. The summed E-state index contributed by atoms with van der Waals surface area (Å²) in [5.41, 5.74) is 0. The summed E-state index contributed by atoms with van der Waals surface area (Å²) >= 11 is 0. The van der Waals surface area contributed by atoms with Gasteiger partial charge in [0.25, 0.3) is 0 Å². The van der Waals surface area contributed by atoms with E-state index < -0.39 is 11.9 Å². The van der Waals surface area contributed by atoms with Gasteiger partial charge in [0.15, 0.2) is 0 Å². The highest BCUT2D eigenvalue weighted by molar-refractivity contribution is 5.81. The number of carbonyl (C=O) groups is 3. The summed E-state index contributed by atoms with van der Waals surface area (Å²) < 4.78 is 9.30. The number of hydrogen-bond acceptors (Lipinski definition) is 5. The van der Waals surface area contributed by atoms with E-state index >= 15 is 0 Å². The molecule has 0 heterocycles. The van der Waals surface area contributed by atoms with Crippen molar-refractivity contribution in [1.82, 2.24) is 5.32 Å². The summed E-state index contributed by atoms with van der Waals surface area (Å²) in [4.78, 5) is 32.0. The number of hydrogen-bond donors (Lipinski definition) is 2. The second kappa shape index (κ2) is 10.3. The van der Waals surface area contributed by atoms with Crippen LogP contribution in [0.15, 0.2) is 12.2 Å². The van der Waals surface area contributed by atoms with Crippen LogP contribution in [0.4, 0.5) is 0 Å². The smallest absolute Gasteiger partial charge is 0.330 e. The molecule has 7 nitrogen and oxygen atoms in total. The van der Waals surface area contributed by atoms with Crippen LogP contribution in [-0.4, -0.2) is 49.8 Å². The second-order valence-electron chi connectivity index (χ2n) is 3.29. The van der Waals surface area contributed by atoms with E-state index in [0.29, 0.717) is 13.0 Å². The van der Waals surface area contributed by atoms with Gasteiger partial charge in [0.1, 0.15) is 6.61 Å². The zero-order valence-electron chi connectivity index (χ0n) is 10.2. The highest BCUT2D eigenvalue weighted by atomic mass is 16.5. The minimum Gasteiger partial charge on any atom is -0.481 e. The standard InChI is InChI=1S/C11H17NO6/c1-17-11(16)5-3-7-18-8-9(13)12-6-2-4-10(14)15/h3,5H,2,4,6-8H2,1H3,(H,12,13)(H,14,15)/b5-3+. The van der Waals surface area contributed by atoms with Gasteiger partial charge in [0.2, 0.25) is 5.91 Å². The molecule has 0 aliphatic heterocycles. The van der Waals surface area contributed by atoms with E-state index in [1.807, 2.05) is 0 Å². The summed E-state index contributed by atoms with van der Waals surface area (Å²) in [6.07, 6.45) is 3.03. The van der Waals surface area contributed by atoms with E-state index in [1.165, 1.54) is 19.3 Å². The van der Waals surface area contributed by atoms with Gasteiger partial charge in [-0.15, -0.1) is 0 Å². The minimum absolute atomic E-state index is 0.0169. The fourth-order valence-corrected chi connectivity index (χ4v) is 0.950. The molecule has 0 saturated heterocycles. The molecule has 2 N–H and O–H groups in total. The van der Waals surface area contributed by atoms with E-state index in [2.05, 4.69) is 10.1 Å². The van der Waals surface area contributed by atoms with Crippen LogP contribution in [0.5, 0.6) is 0 Å². The molecular formula is C11H17NO6. The molecule has 0 aliphatic carbocycles. The average molecular weight is 259 g/mol. The van der Waals surface area contributed by atoms with Crippen molar-refractivity contribution in [2.45, 2.75) is 12.8 Å². The number of carboxylic acids is 1. The van der Waals surface area contributed by atoms with E-state index in [9.17, 15) is 14.4 Å². The first-order chi connectivity index (χ1) is 8.56. The molecule has 0 unspecified atom stereocenters. The molecule has 18 heavy (non-hydrogen) atoms. The average Bonchev–Trinajstić information content (AvgIpc) is 2.33. The molecule has 0 aromatic carbocycles. The van der Waals surface area contributed by atoms with Gasteiger partial charge in [0.05, 0.1) is 13.7 Å². The normalized spacial score (nSPS) is 10.3. The largest absolute Gasteiger partial charge is 0.481 e. The van der Waals surface area contributed by atoms with Gasteiger partial charge in [-0.05, 0) is 6.42 Å². The van der Waals surface area contributed by atoms with Gasteiger partial charge in [-0.3, -0.25) is 9.59 Å². The van der Waals surface area contributed by atoms with Crippen molar-refractivity contribution < 1.29 is 29.0 Å². The molecule has 0 saturated carbocycles. The lowest BCUT2D eigenvalue weighted by Gasteiger charge is -2.03. The number of aliphatic carboxylic acids is 1. The van der Waals surface area contributed by atoms with Crippen molar-refractivity contribution in [3.8, 4) is 0 Å². The third-order valence-corrected chi connectivity index (χ3v) is 1.79. The molecule has 0 radical (unpaired) electrons. The van der Waals surface area contributed by atoms with Crippen LogP contribution in [0, 0.1) is 0 Å². The molecular weight excluding hydrogens is 242 g/mol. The fraction of sp³-hybridized carbons (Fsp3) is 0.545. The third-order valence-electron chi connectivity index (χ3n) is 1.79. The second-order valence-corrected chi connectivity index (χ2v) is 3.29. The summed E-state index contributed by atoms with van der Waals surface area (Å²) in [7, 11) is 1.26. The van der Waals surface area contributed by atoms with Gasteiger partial charge in [-0.2, -0.15) is 0 Å². The van der Waals surface area contributed by atoms with E-state index in [1.54, 1.807) is 0 Å². The number of ether oxygens (including phenoxy) is 2. The van der Waals surface area contributed by atoms with Gasteiger partial charge >= 0.3 is 11.9 Å². The van der Waals surface area contributed by atoms with Crippen molar-refractivity contribution >= 4 is 17.8 Å². The molecule has 0 aromatic heterocycles.